The van der Waals surface area contributed by atoms with E-state index in [1.807, 2.05) is 0 Å². The van der Waals surface area contributed by atoms with Crippen molar-refractivity contribution in [3.05, 3.63) is 48.6 Å². The maximum atomic E-state index is 13.2. The Hall–Kier alpha value is -2.14. The fourth-order valence-corrected chi connectivity index (χ4v) is 6.42. The van der Waals surface area contributed by atoms with Crippen molar-refractivity contribution >= 4 is 11.9 Å². The molecule has 308 valence electrons. The second kappa shape index (κ2) is 41.0. The van der Waals surface area contributed by atoms with Gasteiger partial charge in [0, 0.05) is 12.8 Å². The molecule has 2 atom stereocenters. The van der Waals surface area contributed by atoms with E-state index >= 15 is 0 Å². The van der Waals surface area contributed by atoms with Crippen LogP contribution in [0.3, 0.4) is 0 Å². The largest absolute Gasteiger partial charge is 0.458 e. The third-order valence-electron chi connectivity index (χ3n) is 9.80. The van der Waals surface area contributed by atoms with Gasteiger partial charge in [0.25, 0.3) is 0 Å². The Morgan fingerprint density at radius 1 is 0.434 bits per heavy atom. The lowest BCUT2D eigenvalue weighted by molar-refractivity contribution is -0.169. The highest BCUT2D eigenvalue weighted by Gasteiger charge is 2.28. The maximum Gasteiger partial charge on any atom is 0.306 e. The lowest BCUT2D eigenvalue weighted by atomic mass is 10.0. The van der Waals surface area contributed by atoms with Gasteiger partial charge in [-0.3, -0.25) is 9.59 Å². The van der Waals surface area contributed by atoms with Gasteiger partial charge in [-0.15, -0.1) is 0 Å². The van der Waals surface area contributed by atoms with Crippen LogP contribution in [-0.4, -0.2) is 49.7 Å². The molecule has 0 radical (unpaired) electrons. The molecule has 0 aliphatic heterocycles. The molecule has 0 amide bonds. The molecule has 0 fully saturated rings. The average molecular weight is 742 g/mol. The van der Waals surface area contributed by atoms with Gasteiger partial charge in [0.05, 0.1) is 0 Å². The Labute approximate surface area is 329 Å². The third kappa shape index (κ3) is 37.9. The maximum absolute atomic E-state index is 13.2. The highest BCUT2D eigenvalue weighted by molar-refractivity contribution is 5.70. The predicted molar refractivity (Wildman–Crippen MR) is 230 cm³/mol. The number of nitrogens with zero attached hydrogens (tertiary/aromatic N) is 1. The van der Waals surface area contributed by atoms with Crippen molar-refractivity contribution in [2.45, 2.75) is 226 Å². The summed E-state index contributed by atoms with van der Waals surface area (Å²) in [5, 5.41) is 0. The number of ether oxygens (including phenoxy) is 2. The molecule has 2 unspecified atom stereocenters. The average Bonchev–Trinajstić information content (AvgIpc) is 3.14. The first kappa shape index (κ1) is 50.9. The highest BCUT2D eigenvalue weighted by atomic mass is 16.6. The van der Waals surface area contributed by atoms with Gasteiger partial charge in [0.2, 0.25) is 0 Å². The minimum Gasteiger partial charge on any atom is -0.458 e. The number of hydrogen-bond acceptors (Lipinski definition) is 5. The molecule has 0 aromatic heterocycles. The van der Waals surface area contributed by atoms with Crippen LogP contribution in [0.5, 0.6) is 0 Å². The van der Waals surface area contributed by atoms with E-state index in [2.05, 4.69) is 88.4 Å². The van der Waals surface area contributed by atoms with Gasteiger partial charge in [0.15, 0.2) is 0 Å². The summed E-state index contributed by atoms with van der Waals surface area (Å²) in [4.78, 5) is 28.5. The molecule has 0 saturated heterocycles. The monoisotopic (exact) mass is 742 g/mol. The first-order valence-corrected chi connectivity index (χ1v) is 22.6. The van der Waals surface area contributed by atoms with Crippen LogP contribution in [0.2, 0.25) is 0 Å². The highest BCUT2D eigenvalue weighted by Crippen LogP contribution is 2.21. The third-order valence-corrected chi connectivity index (χ3v) is 9.80. The Morgan fingerprint density at radius 2 is 0.774 bits per heavy atom. The molecule has 0 rings (SSSR count). The molecule has 53 heavy (non-hydrogen) atoms. The number of esters is 2. The van der Waals surface area contributed by atoms with Crippen LogP contribution in [0.15, 0.2) is 48.6 Å². The van der Waals surface area contributed by atoms with Crippen molar-refractivity contribution in [1.82, 2.24) is 4.90 Å². The zero-order valence-corrected chi connectivity index (χ0v) is 35.8. The first-order chi connectivity index (χ1) is 25.9. The first-order valence-electron chi connectivity index (χ1n) is 22.6. The SMILES string of the molecule is CCCCC/C=C\CC=CCCCCCCCC(=O)OC(CCC/C=C\CCCCC)C(CCC/C=C\CCCCC)OC(=O)CCCCCN(C)C. The summed E-state index contributed by atoms with van der Waals surface area (Å²) in [5.74, 6) is -0.295. The zero-order chi connectivity index (χ0) is 38.9. The fourth-order valence-electron chi connectivity index (χ4n) is 6.42. The lowest BCUT2D eigenvalue weighted by Crippen LogP contribution is -2.35. The van der Waals surface area contributed by atoms with Crippen LogP contribution in [0.1, 0.15) is 213 Å². The van der Waals surface area contributed by atoms with E-state index in [9.17, 15) is 9.59 Å². The van der Waals surface area contributed by atoms with E-state index in [-0.39, 0.29) is 24.1 Å². The number of hydrogen-bond donors (Lipinski definition) is 0. The number of unbranched alkanes of at least 4 members (excludes halogenated alkanes) is 18. The van der Waals surface area contributed by atoms with E-state index in [1.54, 1.807) is 0 Å². The molecular formula is C48H87NO4. The van der Waals surface area contributed by atoms with Crippen molar-refractivity contribution in [1.29, 1.82) is 0 Å². The van der Waals surface area contributed by atoms with Crippen LogP contribution in [0, 0.1) is 0 Å². The second-order valence-electron chi connectivity index (χ2n) is 15.4. The van der Waals surface area contributed by atoms with Crippen LogP contribution in [-0.2, 0) is 19.1 Å². The summed E-state index contributed by atoms with van der Waals surface area (Å²) in [7, 11) is 4.16. The molecule has 0 N–H and O–H groups in total. The van der Waals surface area contributed by atoms with Crippen molar-refractivity contribution in [2.75, 3.05) is 20.6 Å². The molecule has 0 aliphatic carbocycles. The Balaban J connectivity index is 5.07. The zero-order valence-electron chi connectivity index (χ0n) is 35.8. The Kier molecular flexibility index (Phi) is 39.4. The van der Waals surface area contributed by atoms with Gasteiger partial charge in [0.1, 0.15) is 12.2 Å². The molecule has 5 heteroatoms. The number of allylic oxidation sites excluding steroid dienone is 8. The van der Waals surface area contributed by atoms with Crippen molar-refractivity contribution in [2.24, 2.45) is 0 Å². The van der Waals surface area contributed by atoms with E-state index < -0.39 is 0 Å². The summed E-state index contributed by atoms with van der Waals surface area (Å²) >= 11 is 0. The molecular weight excluding hydrogens is 655 g/mol. The van der Waals surface area contributed by atoms with Gasteiger partial charge in [-0.05, 0) is 136 Å². The fraction of sp³-hybridized carbons (Fsp3) is 0.792. The van der Waals surface area contributed by atoms with Gasteiger partial charge in [-0.2, -0.15) is 0 Å². The number of rotatable bonds is 39. The normalized spacial score (nSPS) is 13.3. The van der Waals surface area contributed by atoms with E-state index in [0.717, 1.165) is 109 Å². The van der Waals surface area contributed by atoms with Crippen molar-refractivity contribution < 1.29 is 19.1 Å². The van der Waals surface area contributed by atoms with Crippen LogP contribution in [0.4, 0.5) is 0 Å². The topological polar surface area (TPSA) is 55.8 Å². The summed E-state index contributed by atoms with van der Waals surface area (Å²) in [6.07, 6.45) is 49.0. The number of carbonyl (C=O) groups is 2. The second-order valence-corrected chi connectivity index (χ2v) is 15.4. The molecule has 0 aromatic rings. The van der Waals surface area contributed by atoms with E-state index in [1.165, 1.54) is 77.0 Å². The van der Waals surface area contributed by atoms with E-state index in [0.29, 0.717) is 12.8 Å². The standard InChI is InChI=1S/C48H87NO4/c1-6-9-12-15-18-21-22-23-24-25-26-27-30-33-37-42-47(50)52-45(40-35-31-28-19-16-13-10-7-2)46(41-36-32-29-20-17-14-11-8-3)53-48(51)43-38-34-39-44-49(4)5/h18-21,23-24,28-29,45-46H,6-17,22,25-27,30-44H2,1-5H3/b21-18-,24-23?,28-19-,29-20-. The molecule has 0 aromatic carbocycles. The lowest BCUT2D eigenvalue weighted by Gasteiger charge is -2.27. The van der Waals surface area contributed by atoms with Crippen LogP contribution < -0.4 is 0 Å². The quantitative estimate of drug-likeness (QED) is 0.0357. The number of carbonyl (C=O) groups excluding carboxylic acids is 2. The van der Waals surface area contributed by atoms with Crippen molar-refractivity contribution in [3.63, 3.8) is 0 Å². The molecule has 0 saturated carbocycles. The summed E-state index contributed by atoms with van der Waals surface area (Å²) in [6, 6.07) is 0. The van der Waals surface area contributed by atoms with Crippen LogP contribution >= 0.6 is 0 Å². The minimum atomic E-state index is -0.389. The smallest absolute Gasteiger partial charge is 0.306 e. The Bertz CT molecular complexity index is 921. The molecule has 0 aliphatic rings. The summed E-state index contributed by atoms with van der Waals surface area (Å²) < 4.78 is 12.4. The van der Waals surface area contributed by atoms with Gasteiger partial charge in [-0.25, -0.2) is 0 Å². The van der Waals surface area contributed by atoms with Crippen LogP contribution in [0.25, 0.3) is 0 Å². The summed E-state index contributed by atoms with van der Waals surface area (Å²) in [5.41, 5.74) is 0. The van der Waals surface area contributed by atoms with Gasteiger partial charge < -0.3 is 14.4 Å². The molecule has 0 spiro atoms. The van der Waals surface area contributed by atoms with Gasteiger partial charge in [-0.1, -0.05) is 134 Å². The molecule has 5 nitrogen and oxygen atoms in total. The Morgan fingerprint density at radius 3 is 1.19 bits per heavy atom. The summed E-state index contributed by atoms with van der Waals surface area (Å²) in [6.45, 7) is 7.75. The van der Waals surface area contributed by atoms with Gasteiger partial charge >= 0.3 is 11.9 Å². The van der Waals surface area contributed by atoms with E-state index in [4.69, 9.17) is 9.47 Å². The molecule has 0 bridgehead atoms. The molecule has 0 heterocycles. The minimum absolute atomic E-state index is 0.142. The predicted octanol–water partition coefficient (Wildman–Crippen LogP) is 14.4. The van der Waals surface area contributed by atoms with Crippen molar-refractivity contribution in [3.8, 4) is 0 Å².